The third-order valence-electron chi connectivity index (χ3n) is 4.21. The van der Waals surface area contributed by atoms with E-state index in [9.17, 15) is 4.79 Å². The Bertz CT molecular complexity index is 1110. The van der Waals surface area contributed by atoms with Crippen molar-refractivity contribution >= 4 is 55.4 Å². The van der Waals surface area contributed by atoms with Crippen LogP contribution in [0.5, 0.6) is 0 Å². The van der Waals surface area contributed by atoms with E-state index in [2.05, 4.69) is 23.5 Å². The number of hydrogen-bond donors (Lipinski definition) is 1. The number of amides is 1. The van der Waals surface area contributed by atoms with Crippen LogP contribution in [0, 0.1) is 13.8 Å². The van der Waals surface area contributed by atoms with Gasteiger partial charge in [-0.1, -0.05) is 48.0 Å². The van der Waals surface area contributed by atoms with E-state index in [1.165, 1.54) is 11.3 Å². The van der Waals surface area contributed by atoms with Gasteiger partial charge in [-0.3, -0.25) is 4.79 Å². The average molecular weight is 366 g/mol. The molecule has 0 saturated carbocycles. The monoisotopic (exact) mass is 365 g/mol. The summed E-state index contributed by atoms with van der Waals surface area (Å²) in [5, 5.41) is 6.65. The average Bonchev–Trinajstić information content (AvgIpc) is 2.91. The van der Waals surface area contributed by atoms with Gasteiger partial charge >= 0.3 is 0 Å². The molecule has 1 N–H and O–H groups in total. The summed E-state index contributed by atoms with van der Waals surface area (Å²) < 4.78 is 1.02. The molecule has 4 aromatic rings. The zero-order chi connectivity index (χ0) is 17.6. The molecule has 0 bridgehead atoms. The molecule has 0 aliphatic carbocycles. The zero-order valence-electron chi connectivity index (χ0n) is 13.9. The van der Waals surface area contributed by atoms with E-state index >= 15 is 0 Å². The molecule has 4 heteroatoms. The fourth-order valence-corrected chi connectivity index (χ4v) is 4.68. The molecule has 4 rings (SSSR count). The van der Waals surface area contributed by atoms with E-state index in [1.54, 1.807) is 0 Å². The number of rotatable bonds is 2. The Morgan fingerprint density at radius 1 is 1.00 bits per heavy atom. The number of carbonyl (C=O) groups is 1. The zero-order valence-corrected chi connectivity index (χ0v) is 15.5. The number of halogens is 1. The molecule has 0 atom stereocenters. The summed E-state index contributed by atoms with van der Waals surface area (Å²) in [6, 6.07) is 18.2. The maximum atomic E-state index is 12.8. The Labute approximate surface area is 155 Å². The first-order valence-electron chi connectivity index (χ1n) is 8.02. The van der Waals surface area contributed by atoms with Crippen molar-refractivity contribution in [2.45, 2.75) is 13.8 Å². The van der Waals surface area contributed by atoms with Crippen LogP contribution in [0.1, 0.15) is 20.8 Å². The maximum Gasteiger partial charge on any atom is 0.267 e. The van der Waals surface area contributed by atoms with Gasteiger partial charge in [0.05, 0.1) is 5.02 Å². The summed E-state index contributed by atoms with van der Waals surface area (Å²) in [4.78, 5) is 13.3. The van der Waals surface area contributed by atoms with Crippen molar-refractivity contribution in [3.8, 4) is 0 Å². The fourth-order valence-electron chi connectivity index (χ4n) is 3.21. The molecular formula is C21H16ClNOS. The quantitative estimate of drug-likeness (QED) is 0.427. The first-order valence-corrected chi connectivity index (χ1v) is 9.22. The molecule has 0 radical (unpaired) electrons. The van der Waals surface area contributed by atoms with Crippen molar-refractivity contribution in [3.63, 3.8) is 0 Å². The highest BCUT2D eigenvalue weighted by atomic mass is 35.5. The Hall–Kier alpha value is -2.36. The second kappa shape index (κ2) is 6.17. The molecule has 1 amide bonds. The lowest BCUT2D eigenvalue weighted by Gasteiger charge is -2.06. The maximum absolute atomic E-state index is 12.8. The van der Waals surface area contributed by atoms with E-state index in [4.69, 9.17) is 11.6 Å². The molecule has 1 aromatic heterocycles. The molecule has 0 saturated heterocycles. The van der Waals surface area contributed by atoms with E-state index in [0.29, 0.717) is 9.90 Å². The molecule has 2 nitrogen and oxygen atoms in total. The standard InChI is InChI=1S/C21H16ClNOS/c1-12-9-13(2)11-15(10-12)23-21(24)20-19(22)18-16-6-4-3-5-14(16)7-8-17(18)25-20/h3-11H,1-2H3,(H,23,24). The Morgan fingerprint density at radius 2 is 1.72 bits per heavy atom. The second-order valence-corrected chi connectivity index (χ2v) is 7.67. The third kappa shape index (κ3) is 2.90. The van der Waals surface area contributed by atoms with Gasteiger partial charge in [0.25, 0.3) is 5.91 Å². The van der Waals surface area contributed by atoms with Gasteiger partial charge in [0.2, 0.25) is 0 Å². The fraction of sp³-hybridized carbons (Fsp3) is 0.0952. The minimum Gasteiger partial charge on any atom is -0.321 e. The van der Waals surface area contributed by atoms with Crippen LogP contribution in [0.4, 0.5) is 5.69 Å². The van der Waals surface area contributed by atoms with Crippen molar-refractivity contribution in [3.05, 3.63) is 75.6 Å². The minimum absolute atomic E-state index is 0.166. The van der Waals surface area contributed by atoms with Gasteiger partial charge in [-0.25, -0.2) is 0 Å². The third-order valence-corrected chi connectivity index (χ3v) is 5.85. The van der Waals surface area contributed by atoms with Gasteiger partial charge in [0.15, 0.2) is 0 Å². The number of thiophene rings is 1. The largest absolute Gasteiger partial charge is 0.321 e. The molecule has 0 fully saturated rings. The summed E-state index contributed by atoms with van der Waals surface area (Å²) in [6.45, 7) is 4.03. The SMILES string of the molecule is Cc1cc(C)cc(NC(=O)c2sc3ccc4ccccc4c3c2Cl)c1. The van der Waals surface area contributed by atoms with Crippen LogP contribution in [-0.4, -0.2) is 5.91 Å². The van der Waals surface area contributed by atoms with Crippen LogP contribution >= 0.6 is 22.9 Å². The van der Waals surface area contributed by atoms with Gasteiger partial charge in [-0.2, -0.15) is 0 Å². The molecule has 3 aromatic carbocycles. The smallest absolute Gasteiger partial charge is 0.267 e. The van der Waals surface area contributed by atoms with Crippen LogP contribution < -0.4 is 5.32 Å². The number of anilines is 1. The lowest BCUT2D eigenvalue weighted by atomic mass is 10.1. The highest BCUT2D eigenvalue weighted by molar-refractivity contribution is 7.22. The Balaban J connectivity index is 1.79. The van der Waals surface area contributed by atoms with E-state index in [-0.39, 0.29) is 5.91 Å². The predicted octanol–water partition coefficient (Wildman–Crippen LogP) is 6.58. The van der Waals surface area contributed by atoms with Crippen LogP contribution in [0.3, 0.4) is 0 Å². The van der Waals surface area contributed by atoms with Crippen molar-refractivity contribution < 1.29 is 4.79 Å². The molecule has 0 aliphatic rings. The van der Waals surface area contributed by atoms with E-state index in [1.807, 2.05) is 50.2 Å². The van der Waals surface area contributed by atoms with Crippen molar-refractivity contribution in [1.82, 2.24) is 0 Å². The molecule has 124 valence electrons. The second-order valence-electron chi connectivity index (χ2n) is 6.24. The Morgan fingerprint density at radius 3 is 2.48 bits per heavy atom. The number of nitrogens with one attached hydrogen (secondary N) is 1. The van der Waals surface area contributed by atoms with Crippen LogP contribution in [0.2, 0.25) is 5.02 Å². The van der Waals surface area contributed by atoms with E-state index in [0.717, 1.165) is 37.7 Å². The first-order chi connectivity index (χ1) is 12.0. The summed E-state index contributed by atoms with van der Waals surface area (Å²) >= 11 is 8.04. The number of hydrogen-bond acceptors (Lipinski definition) is 2. The van der Waals surface area contributed by atoms with Crippen LogP contribution in [-0.2, 0) is 0 Å². The lowest BCUT2D eigenvalue weighted by molar-refractivity contribution is 0.103. The molecule has 25 heavy (non-hydrogen) atoms. The molecular weight excluding hydrogens is 350 g/mol. The molecule has 0 spiro atoms. The summed E-state index contributed by atoms with van der Waals surface area (Å²) in [6.07, 6.45) is 0. The van der Waals surface area contributed by atoms with Crippen molar-refractivity contribution in [2.24, 2.45) is 0 Å². The predicted molar refractivity (Wildman–Crippen MR) is 108 cm³/mol. The lowest BCUT2D eigenvalue weighted by Crippen LogP contribution is -2.10. The van der Waals surface area contributed by atoms with Gasteiger partial charge in [0.1, 0.15) is 4.88 Å². The van der Waals surface area contributed by atoms with Gasteiger partial charge in [-0.05, 0) is 53.9 Å². The summed E-state index contributed by atoms with van der Waals surface area (Å²) in [5.41, 5.74) is 3.02. The number of benzene rings is 3. The van der Waals surface area contributed by atoms with Gasteiger partial charge < -0.3 is 5.32 Å². The highest BCUT2D eigenvalue weighted by Crippen LogP contribution is 2.40. The summed E-state index contributed by atoms with van der Waals surface area (Å²) in [7, 11) is 0. The van der Waals surface area contributed by atoms with Gasteiger partial charge in [0, 0.05) is 15.8 Å². The van der Waals surface area contributed by atoms with Gasteiger partial charge in [-0.15, -0.1) is 11.3 Å². The minimum atomic E-state index is -0.166. The summed E-state index contributed by atoms with van der Waals surface area (Å²) in [5.74, 6) is -0.166. The van der Waals surface area contributed by atoms with E-state index < -0.39 is 0 Å². The number of carbonyl (C=O) groups excluding carboxylic acids is 1. The normalized spacial score (nSPS) is 11.2. The molecule has 0 unspecified atom stereocenters. The topological polar surface area (TPSA) is 29.1 Å². The molecule has 1 heterocycles. The highest BCUT2D eigenvalue weighted by Gasteiger charge is 2.19. The van der Waals surface area contributed by atoms with Crippen LogP contribution in [0.25, 0.3) is 20.9 Å². The first kappa shape index (κ1) is 16.1. The number of aryl methyl sites for hydroxylation is 2. The van der Waals surface area contributed by atoms with Crippen molar-refractivity contribution in [1.29, 1.82) is 0 Å². The Kier molecular flexibility index (Phi) is 3.98. The van der Waals surface area contributed by atoms with Crippen molar-refractivity contribution in [2.75, 3.05) is 5.32 Å². The van der Waals surface area contributed by atoms with Crippen LogP contribution in [0.15, 0.2) is 54.6 Å². The molecule has 0 aliphatic heterocycles. The number of fused-ring (bicyclic) bond motifs is 3.